The monoisotopic (exact) mass is 453 g/mol. The Morgan fingerprint density at radius 3 is 2.12 bits per heavy atom. The maximum atomic E-state index is 12.3. The standard InChI is InChI=1S/C23H39NO4.C2H6.CH2O/c1-8-11-19(16-17(4)9-2)18(5)21(28-22(25)27-10-3)23(24-6)14-12-20(26-7)13-15-23;2*1-2/h9,11,20,24H,8,10,12-16H2,1-7H3;1-2H3;1H2/b17-9-,19-11+,21-18-;;. The minimum absolute atomic E-state index is 0.251. The molecule has 1 N–H and O–H groups in total. The van der Waals surface area contributed by atoms with E-state index in [2.05, 4.69) is 45.2 Å². The molecule has 0 heterocycles. The Hall–Kier alpha value is -1.92. The van der Waals surface area contributed by atoms with Crippen molar-refractivity contribution in [3.8, 4) is 0 Å². The number of likely N-dealkylation sites (N-methyl/N-ethyl adjacent to an activating group) is 1. The number of allylic oxidation sites excluding steroid dienone is 5. The van der Waals surface area contributed by atoms with E-state index in [1.165, 1.54) is 11.1 Å². The second-order valence-corrected chi connectivity index (χ2v) is 7.46. The fourth-order valence-corrected chi connectivity index (χ4v) is 3.83. The summed E-state index contributed by atoms with van der Waals surface area (Å²) in [7, 11) is 3.70. The summed E-state index contributed by atoms with van der Waals surface area (Å²) in [4.78, 5) is 20.3. The number of carbonyl (C=O) groups is 2. The number of rotatable bonds is 9. The van der Waals surface area contributed by atoms with Crippen molar-refractivity contribution in [2.24, 2.45) is 0 Å². The van der Waals surface area contributed by atoms with Crippen molar-refractivity contribution in [3.63, 3.8) is 0 Å². The van der Waals surface area contributed by atoms with Gasteiger partial charge in [0.05, 0.1) is 18.2 Å². The first-order valence-corrected chi connectivity index (χ1v) is 11.7. The molecule has 0 saturated heterocycles. The molecular formula is C26H47NO5. The minimum atomic E-state index is -0.640. The van der Waals surface area contributed by atoms with Gasteiger partial charge in [0, 0.05) is 7.11 Å². The molecule has 0 aromatic heterocycles. The Bertz CT molecular complexity index is 614. The van der Waals surface area contributed by atoms with E-state index < -0.39 is 11.7 Å². The van der Waals surface area contributed by atoms with Gasteiger partial charge in [-0.25, -0.2) is 4.79 Å². The van der Waals surface area contributed by atoms with Crippen molar-refractivity contribution < 1.29 is 23.8 Å². The molecule has 0 spiro atoms. The number of ether oxygens (including phenoxy) is 3. The van der Waals surface area contributed by atoms with Gasteiger partial charge in [-0.2, -0.15) is 0 Å². The smallest absolute Gasteiger partial charge is 0.434 e. The number of nitrogens with one attached hydrogen (secondary N) is 1. The van der Waals surface area contributed by atoms with Crippen LogP contribution in [0.15, 0.2) is 34.6 Å². The highest BCUT2D eigenvalue weighted by atomic mass is 16.7. The van der Waals surface area contributed by atoms with Gasteiger partial charge in [0.15, 0.2) is 0 Å². The van der Waals surface area contributed by atoms with Crippen molar-refractivity contribution in [2.45, 2.75) is 98.6 Å². The van der Waals surface area contributed by atoms with Crippen LogP contribution in [0, 0.1) is 0 Å². The van der Waals surface area contributed by atoms with E-state index in [-0.39, 0.29) is 6.10 Å². The van der Waals surface area contributed by atoms with Crippen LogP contribution >= 0.6 is 0 Å². The summed E-state index contributed by atoms with van der Waals surface area (Å²) in [5.74, 6) is 0.687. The van der Waals surface area contributed by atoms with Crippen LogP contribution in [-0.4, -0.2) is 45.4 Å². The summed E-state index contributed by atoms with van der Waals surface area (Å²) >= 11 is 0. The van der Waals surface area contributed by atoms with Gasteiger partial charge in [-0.15, -0.1) is 0 Å². The molecule has 0 aromatic carbocycles. The Balaban J connectivity index is 0. The largest absolute Gasteiger partial charge is 0.513 e. The third-order valence-electron chi connectivity index (χ3n) is 5.72. The highest BCUT2D eigenvalue weighted by molar-refractivity contribution is 5.62. The van der Waals surface area contributed by atoms with Crippen molar-refractivity contribution in [3.05, 3.63) is 34.6 Å². The van der Waals surface area contributed by atoms with E-state index in [0.717, 1.165) is 44.1 Å². The van der Waals surface area contributed by atoms with Crippen LogP contribution < -0.4 is 5.32 Å². The number of hydrogen-bond acceptors (Lipinski definition) is 6. The van der Waals surface area contributed by atoms with Gasteiger partial charge in [-0.1, -0.05) is 38.5 Å². The molecule has 6 heteroatoms. The van der Waals surface area contributed by atoms with Crippen LogP contribution in [0.1, 0.15) is 87.0 Å². The van der Waals surface area contributed by atoms with Crippen LogP contribution in [-0.2, 0) is 19.0 Å². The first-order valence-electron chi connectivity index (χ1n) is 11.7. The number of hydrogen-bond donors (Lipinski definition) is 1. The third-order valence-corrected chi connectivity index (χ3v) is 5.72. The third kappa shape index (κ3) is 10.1. The zero-order valence-electron chi connectivity index (χ0n) is 21.9. The van der Waals surface area contributed by atoms with Gasteiger partial charge in [-0.05, 0) is 84.4 Å². The van der Waals surface area contributed by atoms with Crippen LogP contribution in [0.3, 0.4) is 0 Å². The van der Waals surface area contributed by atoms with Crippen LogP contribution in [0.25, 0.3) is 0 Å². The average molecular weight is 454 g/mol. The second-order valence-electron chi connectivity index (χ2n) is 7.46. The zero-order chi connectivity index (χ0) is 25.2. The van der Waals surface area contributed by atoms with E-state index >= 15 is 0 Å². The molecule has 1 aliphatic rings. The molecule has 1 rings (SSSR count). The van der Waals surface area contributed by atoms with E-state index in [0.29, 0.717) is 12.4 Å². The maximum absolute atomic E-state index is 12.3. The fraction of sp³-hybridized carbons (Fsp3) is 0.692. The maximum Gasteiger partial charge on any atom is 0.513 e. The van der Waals surface area contributed by atoms with E-state index in [1.54, 1.807) is 14.0 Å². The summed E-state index contributed by atoms with van der Waals surface area (Å²) in [5.41, 5.74) is 3.10. The molecule has 186 valence electrons. The molecular weight excluding hydrogens is 406 g/mol. The molecule has 0 aliphatic heterocycles. The van der Waals surface area contributed by atoms with Crippen LogP contribution in [0.2, 0.25) is 0 Å². The predicted molar refractivity (Wildman–Crippen MR) is 133 cm³/mol. The van der Waals surface area contributed by atoms with Gasteiger partial charge in [-0.3, -0.25) is 0 Å². The van der Waals surface area contributed by atoms with Crippen molar-refractivity contribution in [2.75, 3.05) is 20.8 Å². The van der Waals surface area contributed by atoms with E-state index in [4.69, 9.17) is 19.0 Å². The lowest BCUT2D eigenvalue weighted by atomic mass is 9.76. The highest BCUT2D eigenvalue weighted by Gasteiger charge is 2.41. The lowest BCUT2D eigenvalue weighted by Crippen LogP contribution is -2.50. The summed E-state index contributed by atoms with van der Waals surface area (Å²) in [6, 6.07) is 0. The van der Waals surface area contributed by atoms with Gasteiger partial charge >= 0.3 is 6.16 Å². The second kappa shape index (κ2) is 18.6. The molecule has 0 amide bonds. The Labute approximate surface area is 196 Å². The number of carbonyl (C=O) groups excluding carboxylic acids is 2. The first-order chi connectivity index (χ1) is 15.4. The molecule has 0 aromatic rings. The first kappa shape index (κ1) is 32.3. The molecule has 6 nitrogen and oxygen atoms in total. The summed E-state index contributed by atoms with van der Waals surface area (Å²) in [5, 5.41) is 3.47. The van der Waals surface area contributed by atoms with Gasteiger partial charge in [0.1, 0.15) is 12.5 Å². The fourth-order valence-electron chi connectivity index (χ4n) is 3.83. The molecule has 0 atom stereocenters. The van der Waals surface area contributed by atoms with E-state index in [9.17, 15) is 4.79 Å². The highest BCUT2D eigenvalue weighted by Crippen LogP contribution is 2.39. The molecule has 0 bridgehead atoms. The van der Waals surface area contributed by atoms with Gasteiger partial charge in [0.25, 0.3) is 0 Å². The topological polar surface area (TPSA) is 73.9 Å². The Morgan fingerprint density at radius 2 is 1.72 bits per heavy atom. The summed E-state index contributed by atoms with van der Waals surface area (Å²) in [6.45, 7) is 16.4. The molecule has 1 fully saturated rings. The quantitative estimate of drug-likeness (QED) is 0.185. The molecule has 1 saturated carbocycles. The van der Waals surface area contributed by atoms with Crippen LogP contribution in [0.5, 0.6) is 0 Å². The average Bonchev–Trinajstić information content (AvgIpc) is 2.84. The normalized spacial score (nSPS) is 21.8. The molecule has 0 unspecified atom stereocenters. The molecule has 1 aliphatic carbocycles. The van der Waals surface area contributed by atoms with Crippen molar-refractivity contribution >= 4 is 12.9 Å². The minimum Gasteiger partial charge on any atom is -0.434 e. The molecule has 0 radical (unpaired) electrons. The van der Waals surface area contributed by atoms with Crippen LogP contribution in [0.4, 0.5) is 4.79 Å². The Kier molecular flexibility index (Phi) is 18.8. The summed E-state index contributed by atoms with van der Waals surface area (Å²) < 4.78 is 16.5. The lowest BCUT2D eigenvalue weighted by Gasteiger charge is -2.41. The predicted octanol–water partition coefficient (Wildman–Crippen LogP) is 6.51. The molecule has 32 heavy (non-hydrogen) atoms. The van der Waals surface area contributed by atoms with E-state index in [1.807, 2.05) is 27.7 Å². The summed E-state index contributed by atoms with van der Waals surface area (Å²) in [6.07, 6.45) is 9.25. The zero-order valence-corrected chi connectivity index (χ0v) is 21.9. The van der Waals surface area contributed by atoms with Gasteiger partial charge < -0.3 is 24.3 Å². The number of methoxy groups -OCH3 is 1. The lowest BCUT2D eigenvalue weighted by molar-refractivity contribution is -0.0980. The van der Waals surface area contributed by atoms with Gasteiger partial charge in [0.2, 0.25) is 0 Å². The van der Waals surface area contributed by atoms with Crippen molar-refractivity contribution in [1.29, 1.82) is 0 Å². The van der Waals surface area contributed by atoms with Crippen molar-refractivity contribution in [1.82, 2.24) is 5.32 Å². The SMILES string of the molecule is C/C=C(/C)CC(=C\CC)/C(C)=C(\OC(=O)OCC)C1(NC)CCC(OC)CC1.C=O.CC. The Morgan fingerprint density at radius 1 is 1.16 bits per heavy atom.